The van der Waals surface area contributed by atoms with Crippen LogP contribution in [0.25, 0.3) is 0 Å². The summed E-state index contributed by atoms with van der Waals surface area (Å²) in [6, 6.07) is 7.03. The average molecular weight is 370 g/mol. The molecule has 3 heterocycles. The van der Waals surface area contributed by atoms with Crippen molar-refractivity contribution in [1.29, 1.82) is 0 Å². The second-order valence-electron chi connectivity index (χ2n) is 6.70. The van der Waals surface area contributed by atoms with E-state index in [1.807, 2.05) is 25.1 Å². The molecule has 0 radical (unpaired) electrons. The SMILES string of the molecule is C[C@@H](C(=O)N1CCN(C(=O)[C@@H]2COc3ccccc3O2)CC1)n1ccnc1. The zero-order chi connectivity index (χ0) is 18.8. The van der Waals surface area contributed by atoms with Crippen LogP contribution >= 0.6 is 0 Å². The molecule has 8 nitrogen and oxygen atoms in total. The van der Waals surface area contributed by atoms with Gasteiger partial charge in [-0.2, -0.15) is 0 Å². The number of benzene rings is 1. The molecule has 2 aliphatic rings. The number of carbonyl (C=O) groups excluding carboxylic acids is 2. The van der Waals surface area contributed by atoms with Gasteiger partial charge in [-0.05, 0) is 19.1 Å². The Hall–Kier alpha value is -3.03. The summed E-state index contributed by atoms with van der Waals surface area (Å²) < 4.78 is 13.2. The summed E-state index contributed by atoms with van der Waals surface area (Å²) in [7, 11) is 0. The van der Waals surface area contributed by atoms with Gasteiger partial charge >= 0.3 is 0 Å². The van der Waals surface area contributed by atoms with Gasteiger partial charge in [-0.3, -0.25) is 9.59 Å². The van der Waals surface area contributed by atoms with Gasteiger partial charge in [0.1, 0.15) is 12.6 Å². The largest absolute Gasteiger partial charge is 0.485 e. The molecule has 8 heteroatoms. The van der Waals surface area contributed by atoms with E-state index in [1.165, 1.54) is 0 Å². The number of rotatable bonds is 3. The third kappa shape index (κ3) is 3.47. The highest BCUT2D eigenvalue weighted by Gasteiger charge is 2.34. The maximum atomic E-state index is 12.8. The molecule has 2 aromatic rings. The Labute approximate surface area is 157 Å². The summed E-state index contributed by atoms with van der Waals surface area (Å²) in [5.74, 6) is 1.18. The monoisotopic (exact) mass is 370 g/mol. The fraction of sp³-hybridized carbons (Fsp3) is 0.421. The molecule has 2 aliphatic heterocycles. The van der Waals surface area contributed by atoms with Crippen LogP contribution in [-0.2, 0) is 9.59 Å². The molecular formula is C19H22N4O4. The van der Waals surface area contributed by atoms with Gasteiger partial charge < -0.3 is 23.8 Å². The first-order valence-electron chi connectivity index (χ1n) is 9.07. The van der Waals surface area contributed by atoms with Crippen LogP contribution in [0, 0.1) is 0 Å². The van der Waals surface area contributed by atoms with Crippen molar-refractivity contribution in [3.05, 3.63) is 43.0 Å². The van der Waals surface area contributed by atoms with E-state index in [-0.39, 0.29) is 24.5 Å². The van der Waals surface area contributed by atoms with E-state index in [9.17, 15) is 9.59 Å². The summed E-state index contributed by atoms with van der Waals surface area (Å²) in [5.41, 5.74) is 0. The lowest BCUT2D eigenvalue weighted by atomic mass is 10.2. The molecular weight excluding hydrogens is 348 g/mol. The number of aromatic nitrogens is 2. The Morgan fingerprint density at radius 2 is 1.81 bits per heavy atom. The number of ether oxygens (including phenoxy) is 2. The number of amides is 2. The number of imidazole rings is 1. The van der Waals surface area contributed by atoms with Gasteiger partial charge in [0.2, 0.25) is 12.0 Å². The Bertz CT molecular complexity index is 815. The number of para-hydroxylation sites is 2. The third-order valence-corrected chi connectivity index (χ3v) is 5.02. The highest BCUT2D eigenvalue weighted by Crippen LogP contribution is 2.31. The second-order valence-corrected chi connectivity index (χ2v) is 6.70. The molecule has 142 valence electrons. The van der Waals surface area contributed by atoms with Gasteiger partial charge in [0.05, 0.1) is 6.33 Å². The summed E-state index contributed by atoms with van der Waals surface area (Å²) in [6.45, 7) is 4.05. The Morgan fingerprint density at radius 3 is 2.52 bits per heavy atom. The smallest absolute Gasteiger partial charge is 0.267 e. The molecule has 27 heavy (non-hydrogen) atoms. The van der Waals surface area contributed by atoms with Gasteiger partial charge in [0.15, 0.2) is 11.5 Å². The molecule has 1 fully saturated rings. The maximum Gasteiger partial charge on any atom is 0.267 e. The van der Waals surface area contributed by atoms with E-state index < -0.39 is 6.10 Å². The van der Waals surface area contributed by atoms with E-state index in [4.69, 9.17) is 9.47 Å². The average Bonchev–Trinajstić information content (AvgIpc) is 3.27. The molecule has 0 saturated carbocycles. The fourth-order valence-corrected chi connectivity index (χ4v) is 3.38. The van der Waals surface area contributed by atoms with Crippen molar-refractivity contribution in [2.75, 3.05) is 32.8 Å². The third-order valence-electron chi connectivity index (χ3n) is 5.02. The second kappa shape index (κ2) is 7.30. The fourth-order valence-electron chi connectivity index (χ4n) is 3.38. The highest BCUT2D eigenvalue weighted by atomic mass is 16.6. The van der Waals surface area contributed by atoms with Crippen LogP contribution in [0.3, 0.4) is 0 Å². The van der Waals surface area contributed by atoms with E-state index in [0.717, 1.165) is 0 Å². The Morgan fingerprint density at radius 1 is 1.11 bits per heavy atom. The summed E-state index contributed by atoms with van der Waals surface area (Å²) in [5, 5.41) is 0. The van der Waals surface area contributed by atoms with Crippen molar-refractivity contribution >= 4 is 11.8 Å². The van der Waals surface area contributed by atoms with Crippen molar-refractivity contribution in [2.24, 2.45) is 0 Å². The van der Waals surface area contributed by atoms with E-state index in [0.29, 0.717) is 37.7 Å². The molecule has 4 rings (SSSR count). The molecule has 1 aromatic carbocycles. The normalized spacial score (nSPS) is 20.3. The first-order chi connectivity index (χ1) is 13.1. The van der Waals surface area contributed by atoms with Gasteiger partial charge in [-0.1, -0.05) is 12.1 Å². The minimum atomic E-state index is -0.646. The summed E-state index contributed by atoms with van der Waals surface area (Å²) in [4.78, 5) is 32.9. The van der Waals surface area contributed by atoms with Crippen LogP contribution in [0.1, 0.15) is 13.0 Å². The quantitative estimate of drug-likeness (QED) is 0.804. The molecule has 0 bridgehead atoms. The predicted molar refractivity (Wildman–Crippen MR) is 96.5 cm³/mol. The molecule has 1 aromatic heterocycles. The van der Waals surface area contributed by atoms with Gasteiger partial charge in [-0.25, -0.2) is 4.98 Å². The van der Waals surface area contributed by atoms with Crippen molar-refractivity contribution in [3.63, 3.8) is 0 Å². The van der Waals surface area contributed by atoms with Crippen LogP contribution in [0.5, 0.6) is 11.5 Å². The number of nitrogens with zero attached hydrogens (tertiary/aromatic N) is 4. The van der Waals surface area contributed by atoms with E-state index in [1.54, 1.807) is 39.2 Å². The minimum Gasteiger partial charge on any atom is -0.485 e. The zero-order valence-electron chi connectivity index (χ0n) is 15.2. The topological polar surface area (TPSA) is 76.9 Å². The van der Waals surface area contributed by atoms with Crippen LogP contribution in [0.15, 0.2) is 43.0 Å². The minimum absolute atomic E-state index is 0.0336. The number of hydrogen-bond donors (Lipinski definition) is 0. The molecule has 0 N–H and O–H groups in total. The first kappa shape index (κ1) is 17.4. The van der Waals surface area contributed by atoms with Crippen molar-refractivity contribution in [3.8, 4) is 11.5 Å². The lowest BCUT2D eigenvalue weighted by Gasteiger charge is -2.38. The van der Waals surface area contributed by atoms with E-state index in [2.05, 4.69) is 4.98 Å². The number of hydrogen-bond acceptors (Lipinski definition) is 5. The molecule has 2 atom stereocenters. The zero-order valence-corrected chi connectivity index (χ0v) is 15.2. The maximum absolute atomic E-state index is 12.8. The molecule has 0 aliphatic carbocycles. The standard InChI is InChI=1S/C19H22N4O4/c1-14(23-7-6-20-13-23)18(24)21-8-10-22(11-9-21)19(25)17-12-26-15-4-2-3-5-16(15)27-17/h2-7,13-14,17H,8-12H2,1H3/t14-,17-/m0/s1. The predicted octanol–water partition coefficient (Wildman–Crippen LogP) is 0.955. The molecule has 0 spiro atoms. The highest BCUT2D eigenvalue weighted by molar-refractivity contribution is 5.83. The first-order valence-corrected chi connectivity index (χ1v) is 9.07. The van der Waals surface area contributed by atoms with Crippen molar-refractivity contribution in [1.82, 2.24) is 19.4 Å². The molecule has 0 unspecified atom stereocenters. The molecule has 1 saturated heterocycles. The van der Waals surface area contributed by atoms with E-state index >= 15 is 0 Å². The Kier molecular flexibility index (Phi) is 4.70. The number of fused-ring (bicyclic) bond motifs is 1. The van der Waals surface area contributed by atoms with Crippen LogP contribution in [-0.4, -0.2) is 70.1 Å². The van der Waals surface area contributed by atoms with Crippen LogP contribution < -0.4 is 9.47 Å². The van der Waals surface area contributed by atoms with Gasteiger partial charge in [0.25, 0.3) is 5.91 Å². The van der Waals surface area contributed by atoms with Gasteiger partial charge in [-0.15, -0.1) is 0 Å². The molecule has 2 amide bonds. The summed E-state index contributed by atoms with van der Waals surface area (Å²) in [6.07, 6.45) is 4.43. The lowest BCUT2D eigenvalue weighted by Crippen LogP contribution is -2.55. The van der Waals surface area contributed by atoms with Crippen LogP contribution in [0.4, 0.5) is 0 Å². The number of piperazine rings is 1. The Balaban J connectivity index is 1.33. The lowest BCUT2D eigenvalue weighted by molar-refractivity contribution is -0.147. The number of carbonyl (C=O) groups is 2. The summed E-state index contributed by atoms with van der Waals surface area (Å²) >= 11 is 0. The van der Waals surface area contributed by atoms with Gasteiger partial charge in [0, 0.05) is 38.6 Å². The van der Waals surface area contributed by atoms with Crippen molar-refractivity contribution in [2.45, 2.75) is 19.1 Å². The van der Waals surface area contributed by atoms with Crippen molar-refractivity contribution < 1.29 is 19.1 Å². The van der Waals surface area contributed by atoms with Crippen LogP contribution in [0.2, 0.25) is 0 Å².